The van der Waals surface area contributed by atoms with Gasteiger partial charge < -0.3 is 9.80 Å². The van der Waals surface area contributed by atoms with E-state index in [1.807, 2.05) is 24.3 Å². The predicted octanol–water partition coefficient (Wildman–Crippen LogP) is 4.10. The molecule has 2 fully saturated rings. The Balaban J connectivity index is 1.43. The van der Waals surface area contributed by atoms with Crippen LogP contribution in [0.3, 0.4) is 0 Å². The van der Waals surface area contributed by atoms with Gasteiger partial charge in [0.2, 0.25) is 5.91 Å². The SMILES string of the molecule is CC(c1ccc(Cl)cc1)N(C(=O)C1CCN(c2cnccn2)CC1)C1CC1. The van der Waals surface area contributed by atoms with E-state index >= 15 is 0 Å². The second kappa shape index (κ2) is 7.85. The molecule has 1 aliphatic heterocycles. The number of nitrogens with zero attached hydrogens (tertiary/aromatic N) is 4. The van der Waals surface area contributed by atoms with Crippen LogP contribution in [0.5, 0.6) is 0 Å². The summed E-state index contributed by atoms with van der Waals surface area (Å²) in [5.74, 6) is 1.30. The highest BCUT2D eigenvalue weighted by Crippen LogP contribution is 2.37. The maximum Gasteiger partial charge on any atom is 0.226 e. The molecular weight excluding hydrogens is 360 g/mol. The highest BCUT2D eigenvalue weighted by Gasteiger charge is 2.39. The Bertz CT molecular complexity index is 771. The summed E-state index contributed by atoms with van der Waals surface area (Å²) in [6.45, 7) is 3.83. The van der Waals surface area contributed by atoms with Crippen LogP contribution in [0.15, 0.2) is 42.9 Å². The number of aromatic nitrogens is 2. The molecule has 6 heteroatoms. The number of hydrogen-bond donors (Lipinski definition) is 0. The van der Waals surface area contributed by atoms with Crippen LogP contribution in [0.1, 0.15) is 44.2 Å². The van der Waals surface area contributed by atoms with Crippen LogP contribution < -0.4 is 4.90 Å². The van der Waals surface area contributed by atoms with Gasteiger partial charge >= 0.3 is 0 Å². The molecule has 4 rings (SSSR count). The Hall–Kier alpha value is -2.14. The number of halogens is 1. The highest BCUT2D eigenvalue weighted by atomic mass is 35.5. The number of rotatable bonds is 5. The summed E-state index contributed by atoms with van der Waals surface area (Å²) < 4.78 is 0. The molecule has 2 aromatic rings. The second-order valence-corrected chi connectivity index (χ2v) is 7.97. The summed E-state index contributed by atoms with van der Waals surface area (Å²) in [7, 11) is 0. The monoisotopic (exact) mass is 384 g/mol. The fourth-order valence-electron chi connectivity index (χ4n) is 3.96. The minimum atomic E-state index is 0.0836. The first-order chi connectivity index (χ1) is 13.1. The molecule has 0 radical (unpaired) electrons. The summed E-state index contributed by atoms with van der Waals surface area (Å²) in [4.78, 5) is 26.2. The maximum atomic E-state index is 13.4. The molecule has 0 N–H and O–H groups in total. The van der Waals surface area contributed by atoms with Crippen molar-refractivity contribution in [2.45, 2.75) is 44.7 Å². The first-order valence-corrected chi connectivity index (χ1v) is 10.1. The van der Waals surface area contributed by atoms with Crippen LogP contribution in [0, 0.1) is 5.92 Å². The van der Waals surface area contributed by atoms with Gasteiger partial charge in [-0.05, 0) is 50.3 Å². The van der Waals surface area contributed by atoms with Gasteiger partial charge in [-0.15, -0.1) is 0 Å². The molecule has 1 saturated carbocycles. The Morgan fingerprint density at radius 3 is 2.44 bits per heavy atom. The van der Waals surface area contributed by atoms with Crippen molar-refractivity contribution in [3.63, 3.8) is 0 Å². The van der Waals surface area contributed by atoms with Crippen LogP contribution in [0.2, 0.25) is 5.02 Å². The summed E-state index contributed by atoms with van der Waals surface area (Å²) in [6, 6.07) is 8.35. The number of piperidine rings is 1. The van der Waals surface area contributed by atoms with E-state index in [-0.39, 0.29) is 12.0 Å². The smallest absolute Gasteiger partial charge is 0.226 e. The molecule has 5 nitrogen and oxygen atoms in total. The van der Waals surface area contributed by atoms with Gasteiger partial charge in [0.25, 0.3) is 0 Å². The lowest BCUT2D eigenvalue weighted by molar-refractivity contribution is -0.139. The van der Waals surface area contributed by atoms with Crippen molar-refractivity contribution in [2.75, 3.05) is 18.0 Å². The van der Waals surface area contributed by atoms with Gasteiger partial charge in [-0.1, -0.05) is 23.7 Å². The molecule has 142 valence electrons. The second-order valence-electron chi connectivity index (χ2n) is 7.53. The number of carbonyl (C=O) groups excluding carboxylic acids is 1. The van der Waals surface area contributed by atoms with E-state index in [4.69, 9.17) is 11.6 Å². The lowest BCUT2D eigenvalue weighted by Crippen LogP contribution is -2.44. The van der Waals surface area contributed by atoms with E-state index in [1.54, 1.807) is 18.6 Å². The first kappa shape index (κ1) is 18.2. The van der Waals surface area contributed by atoms with E-state index in [0.717, 1.165) is 55.2 Å². The van der Waals surface area contributed by atoms with Crippen molar-refractivity contribution in [3.8, 4) is 0 Å². The van der Waals surface area contributed by atoms with Crippen molar-refractivity contribution in [3.05, 3.63) is 53.4 Å². The van der Waals surface area contributed by atoms with Gasteiger partial charge in [0, 0.05) is 42.5 Å². The third-order valence-electron chi connectivity index (χ3n) is 5.68. The zero-order chi connectivity index (χ0) is 18.8. The highest BCUT2D eigenvalue weighted by molar-refractivity contribution is 6.30. The summed E-state index contributed by atoms with van der Waals surface area (Å²) in [6.07, 6.45) is 9.16. The fraction of sp³-hybridized carbons (Fsp3) is 0.476. The van der Waals surface area contributed by atoms with E-state index < -0.39 is 0 Å². The van der Waals surface area contributed by atoms with E-state index in [0.29, 0.717) is 11.9 Å². The average molecular weight is 385 g/mol. The van der Waals surface area contributed by atoms with Crippen molar-refractivity contribution in [2.24, 2.45) is 5.92 Å². The minimum absolute atomic E-state index is 0.0836. The van der Waals surface area contributed by atoms with Gasteiger partial charge in [-0.3, -0.25) is 9.78 Å². The minimum Gasteiger partial charge on any atom is -0.355 e. The number of anilines is 1. The zero-order valence-electron chi connectivity index (χ0n) is 15.6. The quantitative estimate of drug-likeness (QED) is 0.778. The first-order valence-electron chi connectivity index (χ1n) is 9.72. The molecular formula is C21H25ClN4O. The Morgan fingerprint density at radius 1 is 1.15 bits per heavy atom. The predicted molar refractivity (Wildman–Crippen MR) is 107 cm³/mol. The molecule has 1 amide bonds. The lowest BCUT2D eigenvalue weighted by atomic mass is 9.93. The largest absolute Gasteiger partial charge is 0.355 e. The topological polar surface area (TPSA) is 49.3 Å². The van der Waals surface area contributed by atoms with Crippen LogP contribution >= 0.6 is 11.6 Å². The van der Waals surface area contributed by atoms with E-state index in [1.165, 1.54) is 0 Å². The molecule has 1 aromatic heterocycles. The molecule has 1 unspecified atom stereocenters. The van der Waals surface area contributed by atoms with Crippen molar-refractivity contribution in [1.29, 1.82) is 0 Å². The van der Waals surface area contributed by atoms with Crippen LogP contribution in [0.4, 0.5) is 5.82 Å². The fourth-order valence-corrected chi connectivity index (χ4v) is 4.09. The molecule has 2 heterocycles. The Kier molecular flexibility index (Phi) is 5.30. The molecule has 1 saturated heterocycles. The molecule has 1 aliphatic carbocycles. The maximum absolute atomic E-state index is 13.4. The van der Waals surface area contributed by atoms with Gasteiger partial charge in [-0.2, -0.15) is 0 Å². The third-order valence-corrected chi connectivity index (χ3v) is 5.93. The Labute approximate surface area is 165 Å². The van der Waals surface area contributed by atoms with E-state index in [2.05, 4.69) is 26.7 Å². The number of amides is 1. The Morgan fingerprint density at radius 2 is 1.85 bits per heavy atom. The molecule has 0 spiro atoms. The van der Waals surface area contributed by atoms with Crippen LogP contribution in [-0.4, -0.2) is 39.9 Å². The van der Waals surface area contributed by atoms with Gasteiger partial charge in [-0.25, -0.2) is 4.98 Å². The van der Waals surface area contributed by atoms with Gasteiger partial charge in [0.1, 0.15) is 5.82 Å². The number of carbonyl (C=O) groups is 1. The number of benzene rings is 1. The summed E-state index contributed by atoms with van der Waals surface area (Å²) in [5, 5.41) is 0.728. The average Bonchev–Trinajstić information content (AvgIpc) is 3.54. The third kappa shape index (κ3) is 4.08. The molecule has 27 heavy (non-hydrogen) atoms. The van der Waals surface area contributed by atoms with Crippen LogP contribution in [-0.2, 0) is 4.79 Å². The summed E-state index contributed by atoms with van der Waals surface area (Å²) in [5.41, 5.74) is 1.15. The molecule has 2 aliphatic rings. The van der Waals surface area contributed by atoms with Crippen molar-refractivity contribution in [1.82, 2.24) is 14.9 Å². The molecule has 1 atom stereocenters. The normalized spacial score (nSPS) is 19.0. The van der Waals surface area contributed by atoms with Gasteiger partial charge in [0.05, 0.1) is 12.2 Å². The molecule has 0 bridgehead atoms. The van der Waals surface area contributed by atoms with Crippen molar-refractivity contribution >= 4 is 23.3 Å². The van der Waals surface area contributed by atoms with E-state index in [9.17, 15) is 4.79 Å². The van der Waals surface area contributed by atoms with Crippen molar-refractivity contribution < 1.29 is 4.79 Å². The number of hydrogen-bond acceptors (Lipinski definition) is 4. The van der Waals surface area contributed by atoms with Crippen LogP contribution in [0.25, 0.3) is 0 Å². The zero-order valence-corrected chi connectivity index (χ0v) is 16.3. The standard InChI is InChI=1S/C21H25ClN4O/c1-15(16-2-4-18(22)5-3-16)26(19-6-7-19)21(27)17-8-12-25(13-9-17)20-14-23-10-11-24-20/h2-5,10-11,14-15,17,19H,6-9,12-13H2,1H3. The lowest BCUT2D eigenvalue weighted by Gasteiger charge is -2.37. The van der Waals surface area contributed by atoms with Gasteiger partial charge in [0.15, 0.2) is 0 Å². The molecule has 1 aromatic carbocycles. The summed E-state index contributed by atoms with van der Waals surface area (Å²) >= 11 is 6.02.